The van der Waals surface area contributed by atoms with Gasteiger partial charge in [-0.2, -0.15) is 4.98 Å². The molecule has 4 heteroatoms. The molecule has 1 aliphatic carbocycles. The number of ether oxygens (including phenoxy) is 1. The van der Waals surface area contributed by atoms with Crippen LogP contribution in [0.3, 0.4) is 0 Å². The Labute approximate surface area is 113 Å². The first-order valence-electron chi connectivity index (χ1n) is 7.32. The fraction of sp³-hybridized carbons (Fsp3) is 0.600. The number of fused-ring (bicyclic) bond motifs is 1. The lowest BCUT2D eigenvalue weighted by Gasteiger charge is -2.22. The van der Waals surface area contributed by atoms with E-state index in [-0.39, 0.29) is 0 Å². The number of hydrogen-bond acceptors (Lipinski definition) is 3. The van der Waals surface area contributed by atoms with Crippen LogP contribution in [0.15, 0.2) is 18.3 Å². The predicted molar refractivity (Wildman–Crippen MR) is 75.3 cm³/mol. The summed E-state index contributed by atoms with van der Waals surface area (Å²) in [5, 5.41) is 0. The number of hydrogen-bond donors (Lipinski definition) is 0. The molecule has 4 nitrogen and oxygen atoms in total. The summed E-state index contributed by atoms with van der Waals surface area (Å²) in [6.07, 6.45) is 8.55. The number of pyridine rings is 1. The van der Waals surface area contributed by atoms with Crippen molar-refractivity contribution >= 4 is 11.2 Å². The Morgan fingerprint density at radius 2 is 2.16 bits per heavy atom. The zero-order valence-corrected chi connectivity index (χ0v) is 11.5. The average Bonchev–Trinajstić information content (AvgIpc) is 2.79. The van der Waals surface area contributed by atoms with Gasteiger partial charge in [-0.1, -0.05) is 19.3 Å². The van der Waals surface area contributed by atoms with Gasteiger partial charge in [0, 0.05) is 12.7 Å². The van der Waals surface area contributed by atoms with Crippen molar-refractivity contribution in [2.45, 2.75) is 45.6 Å². The van der Waals surface area contributed by atoms with Crippen LogP contribution in [0.5, 0.6) is 6.01 Å². The van der Waals surface area contributed by atoms with Crippen LogP contribution >= 0.6 is 0 Å². The molecule has 19 heavy (non-hydrogen) atoms. The van der Waals surface area contributed by atoms with Crippen molar-refractivity contribution in [2.75, 3.05) is 6.61 Å². The number of nitrogens with zero attached hydrogens (tertiary/aromatic N) is 3. The molecule has 1 fully saturated rings. The van der Waals surface area contributed by atoms with E-state index in [0.29, 0.717) is 6.61 Å². The monoisotopic (exact) mass is 259 g/mol. The van der Waals surface area contributed by atoms with E-state index in [1.54, 1.807) is 6.20 Å². The standard InChI is InChI=1S/C15H21N3O/c1-2-19-15-17-14-13(9-6-10-16-14)18(15)11-12-7-4-3-5-8-12/h6,9-10,12H,2-5,7-8,11H2,1H3. The highest BCUT2D eigenvalue weighted by Gasteiger charge is 2.19. The molecular formula is C15H21N3O. The lowest BCUT2D eigenvalue weighted by Crippen LogP contribution is -2.15. The predicted octanol–water partition coefficient (Wildman–Crippen LogP) is 3.41. The molecule has 2 aromatic rings. The van der Waals surface area contributed by atoms with Gasteiger partial charge in [-0.25, -0.2) is 4.98 Å². The highest BCUT2D eigenvalue weighted by molar-refractivity contribution is 5.72. The number of rotatable bonds is 4. The maximum Gasteiger partial charge on any atom is 0.298 e. The lowest BCUT2D eigenvalue weighted by molar-refractivity contribution is 0.269. The van der Waals surface area contributed by atoms with E-state index in [9.17, 15) is 0 Å². The van der Waals surface area contributed by atoms with Crippen LogP contribution in [0.2, 0.25) is 0 Å². The Morgan fingerprint density at radius 1 is 1.32 bits per heavy atom. The maximum atomic E-state index is 5.68. The Morgan fingerprint density at radius 3 is 2.95 bits per heavy atom. The zero-order valence-electron chi connectivity index (χ0n) is 11.5. The second-order valence-corrected chi connectivity index (χ2v) is 5.29. The third kappa shape index (κ3) is 2.57. The second-order valence-electron chi connectivity index (χ2n) is 5.29. The van der Waals surface area contributed by atoms with Crippen LogP contribution in [0.25, 0.3) is 11.2 Å². The van der Waals surface area contributed by atoms with Gasteiger partial charge in [-0.15, -0.1) is 0 Å². The molecule has 2 heterocycles. The summed E-state index contributed by atoms with van der Waals surface area (Å²) in [4.78, 5) is 8.82. The molecule has 0 spiro atoms. The van der Waals surface area contributed by atoms with E-state index in [2.05, 4.69) is 20.6 Å². The van der Waals surface area contributed by atoms with Crippen molar-refractivity contribution in [1.29, 1.82) is 0 Å². The molecule has 0 amide bonds. The summed E-state index contributed by atoms with van der Waals surface area (Å²) in [7, 11) is 0. The summed E-state index contributed by atoms with van der Waals surface area (Å²) >= 11 is 0. The quantitative estimate of drug-likeness (QED) is 0.844. The first-order valence-corrected chi connectivity index (χ1v) is 7.32. The summed E-state index contributed by atoms with van der Waals surface area (Å²) in [5.41, 5.74) is 1.89. The fourth-order valence-corrected chi connectivity index (χ4v) is 2.98. The molecule has 0 radical (unpaired) electrons. The molecule has 102 valence electrons. The summed E-state index contributed by atoms with van der Waals surface area (Å²) in [5.74, 6) is 0.755. The SMILES string of the molecule is CCOc1nc2ncccc2n1CC1CCCCC1. The lowest BCUT2D eigenvalue weighted by atomic mass is 9.89. The average molecular weight is 259 g/mol. The van der Waals surface area contributed by atoms with Gasteiger partial charge in [0.05, 0.1) is 12.1 Å². The van der Waals surface area contributed by atoms with Crippen molar-refractivity contribution in [3.8, 4) is 6.01 Å². The van der Waals surface area contributed by atoms with Gasteiger partial charge < -0.3 is 4.74 Å². The highest BCUT2D eigenvalue weighted by atomic mass is 16.5. The smallest absolute Gasteiger partial charge is 0.298 e. The van der Waals surface area contributed by atoms with Gasteiger partial charge in [-0.05, 0) is 37.8 Å². The Bertz CT molecular complexity index is 543. The zero-order chi connectivity index (χ0) is 13.1. The Balaban J connectivity index is 1.92. The van der Waals surface area contributed by atoms with Crippen molar-refractivity contribution in [1.82, 2.24) is 14.5 Å². The maximum absolute atomic E-state index is 5.68. The van der Waals surface area contributed by atoms with Gasteiger partial charge in [0.2, 0.25) is 0 Å². The van der Waals surface area contributed by atoms with Crippen molar-refractivity contribution in [2.24, 2.45) is 5.92 Å². The molecule has 0 aliphatic heterocycles. The summed E-state index contributed by atoms with van der Waals surface area (Å²) < 4.78 is 7.89. The van der Waals surface area contributed by atoms with E-state index in [4.69, 9.17) is 4.74 Å². The van der Waals surface area contributed by atoms with Crippen LogP contribution in [0.4, 0.5) is 0 Å². The summed E-state index contributed by atoms with van der Waals surface area (Å²) in [6.45, 7) is 3.66. The Kier molecular flexibility index (Phi) is 3.67. The van der Waals surface area contributed by atoms with Crippen LogP contribution in [0, 0.1) is 5.92 Å². The topological polar surface area (TPSA) is 39.9 Å². The molecule has 0 N–H and O–H groups in total. The molecule has 0 unspecified atom stereocenters. The highest BCUT2D eigenvalue weighted by Crippen LogP contribution is 2.28. The van der Waals surface area contributed by atoms with Gasteiger partial charge in [0.15, 0.2) is 5.65 Å². The minimum Gasteiger partial charge on any atom is -0.465 e. The van der Waals surface area contributed by atoms with E-state index in [1.807, 2.05) is 13.0 Å². The molecule has 2 aromatic heterocycles. The van der Waals surface area contributed by atoms with E-state index in [0.717, 1.165) is 29.6 Å². The third-order valence-corrected chi connectivity index (χ3v) is 3.93. The molecule has 3 rings (SSSR count). The molecule has 0 saturated heterocycles. The van der Waals surface area contributed by atoms with Gasteiger partial charge in [-0.3, -0.25) is 4.57 Å². The summed E-state index contributed by atoms with van der Waals surface area (Å²) in [6, 6.07) is 4.78. The number of imidazole rings is 1. The van der Waals surface area contributed by atoms with Gasteiger partial charge in [0.1, 0.15) is 0 Å². The fourth-order valence-electron chi connectivity index (χ4n) is 2.98. The minimum absolute atomic E-state index is 0.647. The first kappa shape index (κ1) is 12.5. The van der Waals surface area contributed by atoms with E-state index in [1.165, 1.54) is 32.1 Å². The number of aromatic nitrogens is 3. The van der Waals surface area contributed by atoms with Crippen LogP contribution < -0.4 is 4.74 Å². The second kappa shape index (κ2) is 5.59. The van der Waals surface area contributed by atoms with E-state index >= 15 is 0 Å². The van der Waals surface area contributed by atoms with Crippen molar-refractivity contribution in [3.63, 3.8) is 0 Å². The van der Waals surface area contributed by atoms with Crippen LogP contribution in [-0.4, -0.2) is 21.1 Å². The van der Waals surface area contributed by atoms with Crippen LogP contribution in [-0.2, 0) is 6.54 Å². The molecular weight excluding hydrogens is 238 g/mol. The van der Waals surface area contributed by atoms with E-state index < -0.39 is 0 Å². The third-order valence-electron chi connectivity index (χ3n) is 3.93. The normalized spacial score (nSPS) is 16.9. The van der Waals surface area contributed by atoms with Crippen molar-refractivity contribution < 1.29 is 4.74 Å². The molecule has 0 aromatic carbocycles. The van der Waals surface area contributed by atoms with Gasteiger partial charge in [0.25, 0.3) is 6.01 Å². The van der Waals surface area contributed by atoms with Crippen molar-refractivity contribution in [3.05, 3.63) is 18.3 Å². The Hall–Kier alpha value is -1.58. The first-order chi connectivity index (χ1) is 9.38. The molecule has 1 aliphatic rings. The molecule has 0 atom stereocenters. The largest absolute Gasteiger partial charge is 0.465 e. The molecule has 1 saturated carbocycles. The van der Waals surface area contributed by atoms with Crippen LogP contribution in [0.1, 0.15) is 39.0 Å². The minimum atomic E-state index is 0.647. The molecule has 0 bridgehead atoms. The van der Waals surface area contributed by atoms with Gasteiger partial charge >= 0.3 is 0 Å².